The predicted molar refractivity (Wildman–Crippen MR) is 111 cm³/mol. The van der Waals surface area contributed by atoms with Crippen molar-refractivity contribution in [3.63, 3.8) is 0 Å². The lowest BCUT2D eigenvalue weighted by Crippen LogP contribution is -2.30. The lowest BCUT2D eigenvalue weighted by molar-refractivity contribution is 0.0801. The van der Waals surface area contributed by atoms with E-state index in [0.29, 0.717) is 27.6 Å². The van der Waals surface area contributed by atoms with Crippen LogP contribution in [0.25, 0.3) is 21.9 Å². The second-order valence-corrected chi connectivity index (χ2v) is 6.73. The first-order chi connectivity index (χ1) is 13.7. The molecule has 3 aromatic carbocycles. The Morgan fingerprint density at radius 1 is 0.893 bits per heavy atom. The number of hydrogen-bond donors (Lipinski definition) is 0. The van der Waals surface area contributed by atoms with Crippen LogP contribution in [0, 0.1) is 0 Å². The summed E-state index contributed by atoms with van der Waals surface area (Å²) < 4.78 is 1.08. The summed E-state index contributed by atoms with van der Waals surface area (Å²) in [6, 6.07) is 23.9. The van der Waals surface area contributed by atoms with Crippen molar-refractivity contribution in [1.29, 1.82) is 0 Å². The third-order valence-corrected chi connectivity index (χ3v) is 4.75. The number of fused-ring (bicyclic) bond motifs is 1. The molecule has 5 heteroatoms. The minimum absolute atomic E-state index is 0.155. The van der Waals surface area contributed by atoms with E-state index < -0.39 is 5.56 Å². The molecule has 0 saturated heterocycles. The zero-order chi connectivity index (χ0) is 19.5. The number of aldehydes is 1. The van der Waals surface area contributed by atoms with Crippen molar-refractivity contribution >= 4 is 28.7 Å². The van der Waals surface area contributed by atoms with Gasteiger partial charge in [0.15, 0.2) is 6.29 Å². The molecule has 0 spiro atoms. The molecule has 0 bridgehead atoms. The maximum atomic E-state index is 13.1. The van der Waals surface area contributed by atoms with E-state index >= 15 is 0 Å². The van der Waals surface area contributed by atoms with Gasteiger partial charge in [-0.15, -0.1) is 4.73 Å². The van der Waals surface area contributed by atoms with Gasteiger partial charge in [0.25, 0.3) is 5.56 Å². The fourth-order valence-corrected chi connectivity index (χ4v) is 3.40. The van der Waals surface area contributed by atoms with Crippen LogP contribution < -0.4 is 10.4 Å². The highest BCUT2D eigenvalue weighted by Gasteiger charge is 2.19. The number of carbonyl (C=O) groups excluding carboxylic acids is 1. The summed E-state index contributed by atoms with van der Waals surface area (Å²) in [6.45, 7) is 0.162. The molecule has 0 N–H and O–H groups in total. The van der Waals surface area contributed by atoms with E-state index in [1.54, 1.807) is 18.2 Å². The van der Waals surface area contributed by atoms with Crippen LogP contribution in [0.2, 0.25) is 5.02 Å². The second-order valence-electron chi connectivity index (χ2n) is 6.29. The van der Waals surface area contributed by atoms with Gasteiger partial charge in [-0.1, -0.05) is 72.3 Å². The largest absolute Gasteiger partial charge is 0.405 e. The van der Waals surface area contributed by atoms with Gasteiger partial charge in [-0.25, -0.2) is 0 Å². The van der Waals surface area contributed by atoms with E-state index in [2.05, 4.69) is 0 Å². The molecular weight excluding hydrogens is 374 g/mol. The van der Waals surface area contributed by atoms with E-state index in [4.69, 9.17) is 16.4 Å². The summed E-state index contributed by atoms with van der Waals surface area (Å²) in [7, 11) is 0. The van der Waals surface area contributed by atoms with E-state index in [0.717, 1.165) is 15.9 Å². The lowest BCUT2D eigenvalue weighted by Gasteiger charge is -2.17. The summed E-state index contributed by atoms with van der Waals surface area (Å²) in [4.78, 5) is 30.9. The van der Waals surface area contributed by atoms with Crippen molar-refractivity contribution in [2.24, 2.45) is 0 Å². The number of halogens is 1. The van der Waals surface area contributed by atoms with Gasteiger partial charge < -0.3 is 4.84 Å². The Morgan fingerprint density at radius 2 is 1.57 bits per heavy atom. The van der Waals surface area contributed by atoms with E-state index in [9.17, 15) is 9.59 Å². The van der Waals surface area contributed by atoms with Gasteiger partial charge in [-0.3, -0.25) is 9.59 Å². The van der Waals surface area contributed by atoms with Crippen molar-refractivity contribution in [3.05, 3.63) is 105 Å². The summed E-state index contributed by atoms with van der Waals surface area (Å²) in [5.74, 6) is 0. The molecule has 0 amide bonds. The van der Waals surface area contributed by atoms with Gasteiger partial charge in [0.05, 0.1) is 5.39 Å². The molecule has 0 saturated carbocycles. The molecule has 0 aliphatic rings. The van der Waals surface area contributed by atoms with E-state index in [1.807, 2.05) is 60.7 Å². The first kappa shape index (κ1) is 18.0. The SMILES string of the molecule is O=Cc1c(-c2ccccc2)c2cc(Cl)ccc2c(=O)n1OCc1ccccc1. The smallest absolute Gasteiger partial charge is 0.291 e. The molecule has 4 aromatic rings. The molecule has 4 rings (SSSR count). The highest BCUT2D eigenvalue weighted by atomic mass is 35.5. The summed E-state index contributed by atoms with van der Waals surface area (Å²) in [5, 5.41) is 1.54. The van der Waals surface area contributed by atoms with Crippen LogP contribution in [-0.4, -0.2) is 11.0 Å². The Labute approximate surface area is 166 Å². The Kier molecular flexibility index (Phi) is 4.96. The average Bonchev–Trinajstić information content (AvgIpc) is 2.74. The lowest BCUT2D eigenvalue weighted by atomic mass is 9.97. The molecule has 0 fully saturated rings. The molecule has 0 aliphatic carbocycles. The zero-order valence-electron chi connectivity index (χ0n) is 14.8. The van der Waals surface area contributed by atoms with Gasteiger partial charge in [0.2, 0.25) is 0 Å². The zero-order valence-corrected chi connectivity index (χ0v) is 15.6. The normalized spacial score (nSPS) is 10.8. The van der Waals surface area contributed by atoms with Crippen molar-refractivity contribution < 1.29 is 9.63 Å². The third-order valence-electron chi connectivity index (χ3n) is 4.52. The Balaban J connectivity index is 1.97. The average molecular weight is 390 g/mol. The number of pyridine rings is 1. The van der Waals surface area contributed by atoms with Crippen LogP contribution in [0.1, 0.15) is 16.1 Å². The van der Waals surface area contributed by atoms with Gasteiger partial charge >= 0.3 is 0 Å². The van der Waals surface area contributed by atoms with Crippen LogP contribution in [0.15, 0.2) is 83.7 Å². The Bertz CT molecular complexity index is 1200. The predicted octanol–water partition coefficient (Wildman–Crippen LogP) is 4.76. The summed E-state index contributed by atoms with van der Waals surface area (Å²) in [6.07, 6.45) is 0.648. The maximum Gasteiger partial charge on any atom is 0.291 e. The Morgan fingerprint density at radius 3 is 2.25 bits per heavy atom. The maximum absolute atomic E-state index is 13.1. The van der Waals surface area contributed by atoms with Crippen LogP contribution >= 0.6 is 11.6 Å². The topological polar surface area (TPSA) is 48.3 Å². The van der Waals surface area contributed by atoms with Gasteiger partial charge in [0, 0.05) is 10.6 Å². The standard InChI is InChI=1S/C23H16ClNO3/c24-18-11-12-19-20(13-18)22(17-9-5-2-6-10-17)21(14-26)25(23(19)27)28-15-16-7-3-1-4-8-16/h1-14H,15H2. The second kappa shape index (κ2) is 7.71. The molecule has 0 radical (unpaired) electrons. The molecule has 0 unspecified atom stereocenters. The monoisotopic (exact) mass is 389 g/mol. The number of aromatic nitrogens is 1. The van der Waals surface area contributed by atoms with E-state index in [-0.39, 0.29) is 12.3 Å². The minimum atomic E-state index is -0.399. The molecule has 138 valence electrons. The Hall–Kier alpha value is -3.37. The number of nitrogens with zero attached hydrogens (tertiary/aromatic N) is 1. The number of hydrogen-bond acceptors (Lipinski definition) is 3. The van der Waals surface area contributed by atoms with Crippen LogP contribution in [0.4, 0.5) is 0 Å². The number of rotatable bonds is 5. The third kappa shape index (κ3) is 3.30. The quantitative estimate of drug-likeness (QED) is 0.462. The van der Waals surface area contributed by atoms with Crippen LogP contribution in [0.3, 0.4) is 0 Å². The van der Waals surface area contributed by atoms with Crippen molar-refractivity contribution in [2.75, 3.05) is 0 Å². The van der Waals surface area contributed by atoms with Crippen molar-refractivity contribution in [1.82, 2.24) is 4.73 Å². The van der Waals surface area contributed by atoms with Gasteiger partial charge in [-0.2, -0.15) is 0 Å². The fraction of sp³-hybridized carbons (Fsp3) is 0.0435. The molecular formula is C23H16ClNO3. The van der Waals surface area contributed by atoms with Gasteiger partial charge in [-0.05, 0) is 34.7 Å². The van der Waals surface area contributed by atoms with Crippen LogP contribution in [-0.2, 0) is 6.61 Å². The van der Waals surface area contributed by atoms with Crippen LogP contribution in [0.5, 0.6) is 0 Å². The molecule has 4 nitrogen and oxygen atoms in total. The fourth-order valence-electron chi connectivity index (χ4n) is 3.22. The number of benzene rings is 3. The molecule has 1 heterocycles. The summed E-state index contributed by atoms with van der Waals surface area (Å²) >= 11 is 6.18. The molecule has 0 atom stereocenters. The number of carbonyl (C=O) groups is 1. The highest BCUT2D eigenvalue weighted by Crippen LogP contribution is 2.31. The van der Waals surface area contributed by atoms with Crippen molar-refractivity contribution in [3.8, 4) is 11.1 Å². The molecule has 0 aliphatic heterocycles. The van der Waals surface area contributed by atoms with E-state index in [1.165, 1.54) is 0 Å². The summed E-state index contributed by atoms with van der Waals surface area (Å²) in [5.41, 5.74) is 2.06. The minimum Gasteiger partial charge on any atom is -0.405 e. The van der Waals surface area contributed by atoms with Crippen molar-refractivity contribution in [2.45, 2.75) is 6.61 Å². The molecule has 1 aromatic heterocycles. The highest BCUT2D eigenvalue weighted by molar-refractivity contribution is 6.31. The first-order valence-electron chi connectivity index (χ1n) is 8.75. The molecule has 28 heavy (non-hydrogen) atoms. The van der Waals surface area contributed by atoms with Gasteiger partial charge in [0.1, 0.15) is 12.3 Å². The first-order valence-corrected chi connectivity index (χ1v) is 9.13.